The number of hydrogen-bond acceptors (Lipinski definition) is 3. The van der Waals surface area contributed by atoms with Crippen molar-refractivity contribution >= 4 is 10.0 Å². The number of rotatable bonds is 5. The Kier molecular flexibility index (Phi) is 4.31. The van der Waals surface area contributed by atoms with E-state index in [1.165, 1.54) is 24.3 Å². The SMILES string of the molecule is O=S(=O)(Cc1ccc(F)cc1)NC[C@@H]1CCCO1. The van der Waals surface area contributed by atoms with Gasteiger partial charge in [-0.1, -0.05) is 12.1 Å². The molecule has 0 aromatic heterocycles. The van der Waals surface area contributed by atoms with Crippen molar-refractivity contribution in [1.82, 2.24) is 4.72 Å². The summed E-state index contributed by atoms with van der Waals surface area (Å²) in [7, 11) is -3.39. The molecule has 2 rings (SSSR count). The van der Waals surface area contributed by atoms with Crippen LogP contribution in [0.5, 0.6) is 0 Å². The molecule has 100 valence electrons. The van der Waals surface area contributed by atoms with Crippen molar-refractivity contribution in [2.75, 3.05) is 13.2 Å². The Morgan fingerprint density at radius 2 is 2.06 bits per heavy atom. The first-order chi connectivity index (χ1) is 8.55. The Balaban J connectivity index is 1.88. The highest BCUT2D eigenvalue weighted by atomic mass is 32.2. The van der Waals surface area contributed by atoms with Gasteiger partial charge in [0.2, 0.25) is 10.0 Å². The molecular weight excluding hydrogens is 257 g/mol. The van der Waals surface area contributed by atoms with Crippen molar-refractivity contribution in [2.45, 2.75) is 24.7 Å². The lowest BCUT2D eigenvalue weighted by Gasteiger charge is -2.11. The van der Waals surface area contributed by atoms with Gasteiger partial charge in [-0.2, -0.15) is 0 Å². The van der Waals surface area contributed by atoms with Gasteiger partial charge in [0.1, 0.15) is 5.82 Å². The number of ether oxygens (including phenoxy) is 1. The van der Waals surface area contributed by atoms with Gasteiger partial charge < -0.3 is 4.74 Å². The first-order valence-corrected chi connectivity index (χ1v) is 7.54. The maximum absolute atomic E-state index is 12.7. The van der Waals surface area contributed by atoms with Gasteiger partial charge >= 0.3 is 0 Å². The Labute approximate surface area is 106 Å². The lowest BCUT2D eigenvalue weighted by atomic mass is 10.2. The molecule has 6 heteroatoms. The molecule has 4 nitrogen and oxygen atoms in total. The molecule has 1 N–H and O–H groups in total. The molecular formula is C12H16FNO3S. The van der Waals surface area contributed by atoms with Crippen molar-refractivity contribution in [3.63, 3.8) is 0 Å². The minimum atomic E-state index is -3.39. The predicted octanol–water partition coefficient (Wildman–Crippen LogP) is 1.42. The second-order valence-electron chi connectivity index (χ2n) is 4.37. The van der Waals surface area contributed by atoms with E-state index in [9.17, 15) is 12.8 Å². The molecule has 1 heterocycles. The van der Waals surface area contributed by atoms with Crippen LogP contribution in [0.1, 0.15) is 18.4 Å². The van der Waals surface area contributed by atoms with E-state index >= 15 is 0 Å². The molecule has 0 radical (unpaired) electrons. The molecule has 1 atom stereocenters. The Morgan fingerprint density at radius 3 is 2.67 bits per heavy atom. The van der Waals surface area contributed by atoms with E-state index in [1.807, 2.05) is 0 Å². The molecule has 0 unspecified atom stereocenters. The minimum absolute atomic E-state index is 0.0204. The topological polar surface area (TPSA) is 55.4 Å². The molecule has 1 aromatic rings. The van der Waals surface area contributed by atoms with Crippen LogP contribution in [-0.4, -0.2) is 27.7 Å². The number of halogens is 1. The summed E-state index contributed by atoms with van der Waals surface area (Å²) in [5.74, 6) is -0.511. The Hall–Kier alpha value is -0.980. The maximum atomic E-state index is 12.7. The van der Waals surface area contributed by atoms with Crippen LogP contribution in [0.3, 0.4) is 0 Å². The molecule has 18 heavy (non-hydrogen) atoms. The van der Waals surface area contributed by atoms with Gasteiger partial charge in [-0.3, -0.25) is 0 Å². The molecule has 0 saturated carbocycles. The van der Waals surface area contributed by atoms with Crippen LogP contribution in [0.2, 0.25) is 0 Å². The minimum Gasteiger partial charge on any atom is -0.377 e. The summed E-state index contributed by atoms with van der Waals surface area (Å²) in [5.41, 5.74) is 0.566. The van der Waals surface area contributed by atoms with Crippen LogP contribution in [0, 0.1) is 5.82 Å². The monoisotopic (exact) mass is 273 g/mol. The fourth-order valence-electron chi connectivity index (χ4n) is 1.88. The Bertz CT molecular complexity index is 481. The van der Waals surface area contributed by atoms with Crippen LogP contribution >= 0.6 is 0 Å². The quantitative estimate of drug-likeness (QED) is 0.883. The number of hydrogen-bond donors (Lipinski definition) is 1. The largest absolute Gasteiger partial charge is 0.377 e. The lowest BCUT2D eigenvalue weighted by molar-refractivity contribution is 0.114. The average molecular weight is 273 g/mol. The van der Waals surface area contributed by atoms with Gasteiger partial charge in [0.15, 0.2) is 0 Å². The van der Waals surface area contributed by atoms with Gasteiger partial charge in [-0.25, -0.2) is 17.5 Å². The summed E-state index contributed by atoms with van der Waals surface area (Å²) in [6.07, 6.45) is 1.84. The first-order valence-electron chi connectivity index (χ1n) is 5.88. The normalized spacial score (nSPS) is 20.2. The van der Waals surface area contributed by atoms with E-state index in [-0.39, 0.29) is 17.7 Å². The highest BCUT2D eigenvalue weighted by Gasteiger charge is 2.19. The molecule has 1 saturated heterocycles. The van der Waals surface area contributed by atoms with Gasteiger partial charge in [-0.15, -0.1) is 0 Å². The van der Waals surface area contributed by atoms with E-state index in [4.69, 9.17) is 4.74 Å². The smallest absolute Gasteiger partial charge is 0.215 e. The molecule has 1 fully saturated rings. The molecule has 0 amide bonds. The van der Waals surface area contributed by atoms with Gasteiger partial charge in [0.25, 0.3) is 0 Å². The third-order valence-electron chi connectivity index (χ3n) is 2.82. The molecule has 0 spiro atoms. The molecule has 0 bridgehead atoms. The van der Waals surface area contributed by atoms with Crippen LogP contribution in [0.15, 0.2) is 24.3 Å². The maximum Gasteiger partial charge on any atom is 0.215 e. The first kappa shape index (κ1) is 13.5. The van der Waals surface area contributed by atoms with Gasteiger partial charge in [0.05, 0.1) is 11.9 Å². The molecule has 1 aliphatic heterocycles. The number of sulfonamides is 1. The summed E-state index contributed by atoms with van der Waals surface area (Å²) in [6, 6.07) is 5.46. The predicted molar refractivity (Wildman–Crippen MR) is 66.0 cm³/mol. The third-order valence-corrected chi connectivity index (χ3v) is 4.14. The summed E-state index contributed by atoms with van der Waals surface area (Å²) in [4.78, 5) is 0. The number of benzene rings is 1. The van der Waals surface area contributed by atoms with E-state index in [0.717, 1.165) is 12.8 Å². The lowest BCUT2D eigenvalue weighted by Crippen LogP contribution is -2.32. The van der Waals surface area contributed by atoms with Crippen LogP contribution in [-0.2, 0) is 20.5 Å². The summed E-state index contributed by atoms with van der Waals surface area (Å²) < 4.78 is 44.1. The molecule has 0 aliphatic carbocycles. The second-order valence-corrected chi connectivity index (χ2v) is 6.18. The van der Waals surface area contributed by atoms with E-state index in [2.05, 4.69) is 4.72 Å². The fourth-order valence-corrected chi connectivity index (χ4v) is 3.05. The second kappa shape index (κ2) is 5.77. The zero-order chi connectivity index (χ0) is 13.0. The third kappa shape index (κ3) is 4.04. The average Bonchev–Trinajstić information content (AvgIpc) is 2.83. The van der Waals surface area contributed by atoms with Gasteiger partial charge in [-0.05, 0) is 30.5 Å². The van der Waals surface area contributed by atoms with Crippen molar-refractivity contribution in [2.24, 2.45) is 0 Å². The summed E-state index contributed by atoms with van der Waals surface area (Å²) in [6.45, 7) is 1.01. The van der Waals surface area contributed by atoms with Gasteiger partial charge in [0, 0.05) is 13.2 Å². The fraction of sp³-hybridized carbons (Fsp3) is 0.500. The standard InChI is InChI=1S/C12H16FNO3S/c13-11-5-3-10(4-6-11)9-18(15,16)14-8-12-2-1-7-17-12/h3-6,12,14H,1-2,7-9H2/t12-/m0/s1. The zero-order valence-electron chi connectivity index (χ0n) is 9.93. The summed E-state index contributed by atoms with van der Waals surface area (Å²) in [5, 5.41) is 0. The van der Waals surface area contributed by atoms with Crippen LogP contribution < -0.4 is 4.72 Å². The van der Waals surface area contributed by atoms with Crippen molar-refractivity contribution in [1.29, 1.82) is 0 Å². The number of nitrogens with one attached hydrogen (secondary N) is 1. The molecule has 1 aromatic carbocycles. The van der Waals surface area contributed by atoms with Crippen LogP contribution in [0.4, 0.5) is 4.39 Å². The van der Waals surface area contributed by atoms with Crippen molar-refractivity contribution in [3.05, 3.63) is 35.6 Å². The van der Waals surface area contributed by atoms with Crippen molar-refractivity contribution < 1.29 is 17.5 Å². The van der Waals surface area contributed by atoms with E-state index < -0.39 is 10.0 Å². The van der Waals surface area contributed by atoms with Crippen molar-refractivity contribution in [3.8, 4) is 0 Å². The van der Waals surface area contributed by atoms with E-state index in [1.54, 1.807) is 0 Å². The summed E-state index contributed by atoms with van der Waals surface area (Å²) >= 11 is 0. The molecule has 1 aliphatic rings. The highest BCUT2D eigenvalue weighted by Crippen LogP contribution is 2.12. The van der Waals surface area contributed by atoms with Crippen LogP contribution in [0.25, 0.3) is 0 Å². The van der Waals surface area contributed by atoms with E-state index in [0.29, 0.717) is 18.7 Å². The highest BCUT2D eigenvalue weighted by molar-refractivity contribution is 7.88. The zero-order valence-corrected chi connectivity index (χ0v) is 10.7. The Morgan fingerprint density at radius 1 is 1.33 bits per heavy atom.